The van der Waals surface area contributed by atoms with Crippen molar-refractivity contribution < 1.29 is 13.9 Å². The summed E-state index contributed by atoms with van der Waals surface area (Å²) >= 11 is 0. The third-order valence-corrected chi connectivity index (χ3v) is 6.35. The summed E-state index contributed by atoms with van der Waals surface area (Å²) in [6.45, 7) is 8.24. The number of hydrogen-bond donors (Lipinski definition) is 1. The van der Waals surface area contributed by atoms with Crippen LogP contribution < -0.4 is 10.1 Å². The normalized spacial score (nSPS) is 15.5. The smallest absolute Gasteiger partial charge is 0.123 e. The minimum absolute atomic E-state index is 0.0681. The molecule has 0 amide bonds. The molecule has 2 aromatic carbocycles. The number of hydrogen-bond acceptors (Lipinski definition) is 3. The van der Waals surface area contributed by atoms with E-state index >= 15 is 0 Å². The van der Waals surface area contributed by atoms with Crippen LogP contribution in [0.3, 0.4) is 0 Å². The lowest BCUT2D eigenvalue weighted by molar-refractivity contribution is -0.0250. The Hall–Kier alpha value is -1.91. The largest absolute Gasteiger partial charge is 0.497 e. The van der Waals surface area contributed by atoms with E-state index in [2.05, 4.69) is 38.2 Å². The van der Waals surface area contributed by atoms with Gasteiger partial charge in [0.25, 0.3) is 0 Å². The first-order valence-corrected chi connectivity index (χ1v) is 10.5. The Morgan fingerprint density at radius 3 is 2.10 bits per heavy atom. The molecular weight excluding hydrogens is 365 g/mol. The van der Waals surface area contributed by atoms with Gasteiger partial charge >= 0.3 is 0 Å². The van der Waals surface area contributed by atoms with Crippen molar-refractivity contribution in [3.8, 4) is 5.75 Å². The van der Waals surface area contributed by atoms with Crippen LogP contribution in [0, 0.1) is 5.82 Å². The van der Waals surface area contributed by atoms with Crippen LogP contribution in [0.4, 0.5) is 4.39 Å². The average Bonchev–Trinajstić information content (AvgIpc) is 2.76. The van der Waals surface area contributed by atoms with Gasteiger partial charge in [0.1, 0.15) is 11.6 Å². The summed E-state index contributed by atoms with van der Waals surface area (Å²) < 4.78 is 24.7. The fourth-order valence-electron chi connectivity index (χ4n) is 4.01. The monoisotopic (exact) mass is 401 g/mol. The number of ether oxygens (including phenoxy) is 2. The summed E-state index contributed by atoms with van der Waals surface area (Å²) in [7, 11) is 3.47. The molecule has 0 heterocycles. The highest BCUT2D eigenvalue weighted by Gasteiger charge is 2.38. The molecule has 4 heteroatoms. The average molecular weight is 402 g/mol. The van der Waals surface area contributed by atoms with E-state index < -0.39 is 0 Å². The predicted molar refractivity (Wildman–Crippen MR) is 118 cm³/mol. The van der Waals surface area contributed by atoms with Gasteiger partial charge in [0, 0.05) is 13.7 Å². The quantitative estimate of drug-likeness (QED) is 0.451. The number of halogens is 1. The first-order valence-electron chi connectivity index (χ1n) is 10.5. The van der Waals surface area contributed by atoms with Crippen LogP contribution in [0.1, 0.15) is 57.6 Å². The second kappa shape index (κ2) is 10.7. The summed E-state index contributed by atoms with van der Waals surface area (Å²) in [5.41, 5.74) is 2.14. The number of rotatable bonds is 12. The van der Waals surface area contributed by atoms with Gasteiger partial charge in [0.15, 0.2) is 0 Å². The van der Waals surface area contributed by atoms with Crippen molar-refractivity contribution in [2.45, 2.75) is 64.0 Å². The predicted octanol–water partition coefficient (Wildman–Crippen LogP) is 5.87. The summed E-state index contributed by atoms with van der Waals surface area (Å²) in [4.78, 5) is 0. The zero-order valence-electron chi connectivity index (χ0n) is 18.6. The van der Waals surface area contributed by atoms with Crippen LogP contribution in [0.2, 0.25) is 0 Å². The van der Waals surface area contributed by atoms with E-state index in [1.54, 1.807) is 26.4 Å². The Morgan fingerprint density at radius 2 is 1.59 bits per heavy atom. The Balaban J connectivity index is 2.12. The number of nitrogens with one attached hydrogen (secondary N) is 1. The van der Waals surface area contributed by atoms with Gasteiger partial charge in [0.2, 0.25) is 0 Å². The van der Waals surface area contributed by atoms with E-state index in [-0.39, 0.29) is 16.8 Å². The lowest BCUT2D eigenvalue weighted by atomic mass is 9.68. The van der Waals surface area contributed by atoms with Crippen molar-refractivity contribution in [3.63, 3.8) is 0 Å². The highest BCUT2D eigenvalue weighted by atomic mass is 19.1. The van der Waals surface area contributed by atoms with Gasteiger partial charge in [-0.3, -0.25) is 0 Å². The Bertz CT molecular complexity index is 725. The maximum atomic E-state index is 13.6. The van der Waals surface area contributed by atoms with Gasteiger partial charge in [-0.25, -0.2) is 4.39 Å². The molecule has 1 N–H and O–H groups in total. The van der Waals surface area contributed by atoms with Crippen LogP contribution >= 0.6 is 0 Å². The first-order chi connectivity index (χ1) is 13.9. The van der Waals surface area contributed by atoms with E-state index in [1.165, 1.54) is 11.1 Å². The number of methoxy groups -OCH3 is 2. The third kappa shape index (κ3) is 6.28. The topological polar surface area (TPSA) is 30.5 Å². The van der Waals surface area contributed by atoms with Crippen LogP contribution in [-0.4, -0.2) is 26.4 Å². The second-order valence-corrected chi connectivity index (χ2v) is 8.10. The molecule has 2 atom stereocenters. The summed E-state index contributed by atoms with van der Waals surface area (Å²) in [5, 5.41) is 3.58. The molecule has 0 bridgehead atoms. The molecule has 0 aliphatic heterocycles. The van der Waals surface area contributed by atoms with Crippen LogP contribution in [0.5, 0.6) is 5.75 Å². The van der Waals surface area contributed by atoms with Crippen molar-refractivity contribution in [3.05, 3.63) is 65.5 Å². The molecule has 2 rings (SSSR count). The maximum absolute atomic E-state index is 13.6. The van der Waals surface area contributed by atoms with Gasteiger partial charge < -0.3 is 14.8 Å². The van der Waals surface area contributed by atoms with Crippen LogP contribution in [0.25, 0.3) is 0 Å². The lowest BCUT2D eigenvalue weighted by Crippen LogP contribution is -2.40. The molecule has 0 aliphatic carbocycles. The van der Waals surface area contributed by atoms with Crippen molar-refractivity contribution in [2.75, 3.05) is 20.8 Å². The van der Waals surface area contributed by atoms with Crippen molar-refractivity contribution in [2.24, 2.45) is 0 Å². The van der Waals surface area contributed by atoms with Crippen molar-refractivity contribution in [1.29, 1.82) is 0 Å². The SMILES string of the molecule is CCC(C)(CC(CC)(CCNCc1ccc(OC)cc1)c1ccc(F)cc1)OC. The van der Waals surface area contributed by atoms with Gasteiger partial charge in [0.05, 0.1) is 12.7 Å². The Labute approximate surface area is 175 Å². The van der Waals surface area contributed by atoms with Crippen LogP contribution in [0.15, 0.2) is 48.5 Å². The van der Waals surface area contributed by atoms with Crippen LogP contribution in [-0.2, 0) is 16.7 Å². The molecule has 0 fully saturated rings. The van der Waals surface area contributed by atoms with E-state index in [4.69, 9.17) is 9.47 Å². The van der Waals surface area contributed by atoms with E-state index in [0.29, 0.717) is 0 Å². The molecule has 0 saturated heterocycles. The zero-order chi connectivity index (χ0) is 21.3. The molecule has 2 unspecified atom stereocenters. The minimum Gasteiger partial charge on any atom is -0.497 e. The molecule has 3 nitrogen and oxygen atoms in total. The molecule has 0 aliphatic rings. The molecular formula is C25H36FNO2. The fraction of sp³-hybridized carbons (Fsp3) is 0.520. The highest BCUT2D eigenvalue weighted by Crippen LogP contribution is 2.41. The molecule has 2 aromatic rings. The summed E-state index contributed by atoms with van der Waals surface area (Å²) in [6, 6.07) is 15.1. The van der Waals surface area contributed by atoms with Gasteiger partial charge in [-0.1, -0.05) is 38.1 Å². The highest BCUT2D eigenvalue weighted by molar-refractivity contribution is 5.28. The maximum Gasteiger partial charge on any atom is 0.123 e. The zero-order valence-corrected chi connectivity index (χ0v) is 18.6. The Kier molecular flexibility index (Phi) is 8.66. The molecule has 0 saturated carbocycles. The third-order valence-electron chi connectivity index (χ3n) is 6.35. The molecule has 29 heavy (non-hydrogen) atoms. The van der Waals surface area contributed by atoms with Crippen molar-refractivity contribution >= 4 is 0 Å². The van der Waals surface area contributed by atoms with Gasteiger partial charge in [-0.2, -0.15) is 0 Å². The summed E-state index contributed by atoms with van der Waals surface area (Å²) in [6.07, 6.45) is 3.77. The molecule has 0 radical (unpaired) electrons. The van der Waals surface area contributed by atoms with E-state index in [0.717, 1.165) is 44.5 Å². The van der Waals surface area contributed by atoms with E-state index in [9.17, 15) is 4.39 Å². The minimum atomic E-state index is -0.208. The van der Waals surface area contributed by atoms with E-state index in [1.807, 2.05) is 24.3 Å². The van der Waals surface area contributed by atoms with Crippen molar-refractivity contribution in [1.82, 2.24) is 5.32 Å². The van der Waals surface area contributed by atoms with Gasteiger partial charge in [-0.05, 0) is 80.0 Å². The first kappa shape index (κ1) is 23.4. The summed E-state index contributed by atoms with van der Waals surface area (Å²) in [5.74, 6) is 0.676. The fourth-order valence-corrected chi connectivity index (χ4v) is 4.01. The Morgan fingerprint density at radius 1 is 0.931 bits per heavy atom. The van der Waals surface area contributed by atoms with Gasteiger partial charge in [-0.15, -0.1) is 0 Å². The second-order valence-electron chi connectivity index (χ2n) is 8.10. The number of benzene rings is 2. The lowest BCUT2D eigenvalue weighted by Gasteiger charge is -2.41. The molecule has 160 valence electrons. The molecule has 0 spiro atoms. The standard InChI is InChI=1S/C25H36FNO2/c1-6-24(3,29-5)19-25(7-2,21-10-12-22(26)13-11-21)16-17-27-18-20-8-14-23(28-4)15-9-20/h8-15,27H,6-7,16-19H2,1-5H3. The molecule has 0 aromatic heterocycles.